The highest BCUT2D eigenvalue weighted by atomic mass is 79.9. The van der Waals surface area contributed by atoms with Crippen molar-refractivity contribution in [3.05, 3.63) is 0 Å². The fraction of sp³-hybridized carbons (Fsp3) is 1.00. The summed E-state index contributed by atoms with van der Waals surface area (Å²) in [4.78, 5) is 0. The topological polar surface area (TPSA) is 9.23 Å². The highest BCUT2D eigenvalue weighted by Crippen LogP contribution is 2.06. The third-order valence-corrected chi connectivity index (χ3v) is 1.60. The van der Waals surface area contributed by atoms with E-state index in [0.717, 1.165) is 6.42 Å². The van der Waals surface area contributed by atoms with Crippen molar-refractivity contribution in [1.82, 2.24) is 0 Å². The molecule has 0 rings (SSSR count). The predicted octanol–water partition coefficient (Wildman–Crippen LogP) is 2.15. The van der Waals surface area contributed by atoms with Crippen LogP contribution in [-0.4, -0.2) is 12.1 Å². The van der Waals surface area contributed by atoms with Crippen LogP contribution in [0.25, 0.3) is 0 Å². The van der Waals surface area contributed by atoms with Gasteiger partial charge in [0.1, 0.15) is 5.01 Å². The number of halogens is 1. The Morgan fingerprint density at radius 3 is 2.43 bits per heavy atom. The van der Waals surface area contributed by atoms with Crippen LogP contribution in [0.5, 0.6) is 0 Å². The molecule has 0 aromatic carbocycles. The maximum atomic E-state index is 4.91. The molecule has 7 heavy (non-hydrogen) atoms. The number of rotatable bonds is 3. The van der Waals surface area contributed by atoms with Crippen LogP contribution in [0.1, 0.15) is 19.8 Å². The van der Waals surface area contributed by atoms with Crippen LogP contribution in [-0.2, 0) is 4.74 Å². The minimum Gasteiger partial charge on any atom is -0.370 e. The first-order chi connectivity index (χ1) is 3.31. The molecule has 0 amide bonds. The van der Waals surface area contributed by atoms with Crippen molar-refractivity contribution in [3.63, 3.8) is 0 Å². The van der Waals surface area contributed by atoms with Crippen molar-refractivity contribution < 1.29 is 4.74 Å². The molecule has 0 saturated carbocycles. The van der Waals surface area contributed by atoms with Gasteiger partial charge in [-0.25, -0.2) is 0 Å². The Balaban J connectivity index is 2.83. The van der Waals surface area contributed by atoms with Crippen molar-refractivity contribution in [2.75, 3.05) is 7.11 Å². The maximum Gasteiger partial charge on any atom is 0.112 e. The molecule has 1 atom stereocenters. The van der Waals surface area contributed by atoms with Crippen molar-refractivity contribution in [2.45, 2.75) is 24.8 Å². The van der Waals surface area contributed by atoms with Gasteiger partial charge in [-0.1, -0.05) is 29.3 Å². The zero-order chi connectivity index (χ0) is 5.70. The average molecular weight is 167 g/mol. The molecule has 0 bridgehead atoms. The van der Waals surface area contributed by atoms with Crippen molar-refractivity contribution in [3.8, 4) is 0 Å². The molecule has 0 aliphatic heterocycles. The van der Waals surface area contributed by atoms with Gasteiger partial charge in [0.15, 0.2) is 0 Å². The summed E-state index contributed by atoms with van der Waals surface area (Å²) < 4.78 is 4.91. The molecule has 0 heterocycles. The first kappa shape index (κ1) is 7.44. The summed E-state index contributed by atoms with van der Waals surface area (Å²) in [6.45, 7) is 2.13. The minimum atomic E-state index is 0.262. The molecular weight excluding hydrogens is 156 g/mol. The lowest BCUT2D eigenvalue weighted by Crippen LogP contribution is -1.97. The molecule has 0 fully saturated rings. The zero-order valence-electron chi connectivity index (χ0n) is 4.78. The van der Waals surface area contributed by atoms with E-state index in [0.29, 0.717) is 0 Å². The van der Waals surface area contributed by atoms with Crippen LogP contribution in [0.3, 0.4) is 0 Å². The van der Waals surface area contributed by atoms with Crippen LogP contribution in [0.4, 0.5) is 0 Å². The first-order valence-corrected chi connectivity index (χ1v) is 3.39. The van der Waals surface area contributed by atoms with Gasteiger partial charge in [-0.3, -0.25) is 0 Å². The van der Waals surface area contributed by atoms with Gasteiger partial charge < -0.3 is 4.74 Å². The van der Waals surface area contributed by atoms with E-state index in [4.69, 9.17) is 4.74 Å². The van der Waals surface area contributed by atoms with Crippen LogP contribution in [0.15, 0.2) is 0 Å². The van der Waals surface area contributed by atoms with Gasteiger partial charge in [-0.2, -0.15) is 0 Å². The van der Waals surface area contributed by atoms with E-state index in [-0.39, 0.29) is 5.01 Å². The molecule has 0 aliphatic carbocycles. The molecule has 0 spiro atoms. The molecule has 0 radical (unpaired) electrons. The lowest BCUT2D eigenvalue weighted by Gasteiger charge is -2.02. The average Bonchev–Trinajstić information content (AvgIpc) is 1.68. The second kappa shape index (κ2) is 4.60. The lowest BCUT2D eigenvalue weighted by atomic mass is 10.4. The number of methoxy groups -OCH3 is 1. The summed E-state index contributed by atoms with van der Waals surface area (Å²) in [6.07, 6.45) is 2.26. The van der Waals surface area contributed by atoms with Gasteiger partial charge in [0.05, 0.1) is 0 Å². The van der Waals surface area contributed by atoms with E-state index in [1.807, 2.05) is 0 Å². The van der Waals surface area contributed by atoms with E-state index < -0.39 is 0 Å². The highest BCUT2D eigenvalue weighted by Gasteiger charge is 1.95. The lowest BCUT2D eigenvalue weighted by molar-refractivity contribution is 0.170. The summed E-state index contributed by atoms with van der Waals surface area (Å²) in [5.74, 6) is 0. The molecule has 2 heteroatoms. The number of ether oxygens (including phenoxy) is 1. The molecule has 0 saturated heterocycles. The molecule has 0 aromatic heterocycles. The van der Waals surface area contributed by atoms with Crippen molar-refractivity contribution in [1.29, 1.82) is 0 Å². The molecule has 0 aromatic rings. The maximum absolute atomic E-state index is 4.91. The normalized spacial score (nSPS) is 14.1. The molecule has 1 nitrogen and oxygen atoms in total. The van der Waals surface area contributed by atoms with E-state index in [9.17, 15) is 0 Å². The molecule has 44 valence electrons. The standard InChI is InChI=1S/C5H11BrO/c1-3-4-5(6)7-2/h5H,3-4H2,1-2H3. The monoisotopic (exact) mass is 166 g/mol. The molecule has 1 unspecified atom stereocenters. The summed E-state index contributed by atoms with van der Waals surface area (Å²) in [6, 6.07) is 0. The van der Waals surface area contributed by atoms with E-state index in [2.05, 4.69) is 22.9 Å². The van der Waals surface area contributed by atoms with E-state index >= 15 is 0 Å². The van der Waals surface area contributed by atoms with Gasteiger partial charge in [0.25, 0.3) is 0 Å². The Labute approximate surface area is 53.2 Å². The quantitative estimate of drug-likeness (QED) is 0.585. The number of alkyl halides is 1. The van der Waals surface area contributed by atoms with Crippen molar-refractivity contribution in [2.24, 2.45) is 0 Å². The Morgan fingerprint density at radius 2 is 2.29 bits per heavy atom. The Kier molecular flexibility index (Phi) is 4.88. The van der Waals surface area contributed by atoms with Crippen LogP contribution < -0.4 is 0 Å². The minimum absolute atomic E-state index is 0.262. The Bertz CT molecular complexity index is 39.1. The summed E-state index contributed by atoms with van der Waals surface area (Å²) >= 11 is 3.31. The zero-order valence-corrected chi connectivity index (χ0v) is 6.36. The number of hydrogen-bond donors (Lipinski definition) is 0. The number of hydrogen-bond acceptors (Lipinski definition) is 1. The second-order valence-electron chi connectivity index (χ2n) is 1.43. The van der Waals surface area contributed by atoms with Gasteiger partial charge in [-0.05, 0) is 6.42 Å². The molecular formula is C5H11BrO. The van der Waals surface area contributed by atoms with Gasteiger partial charge in [-0.15, -0.1) is 0 Å². The Morgan fingerprint density at radius 1 is 1.71 bits per heavy atom. The SMILES string of the molecule is CCCC(Br)OC. The van der Waals surface area contributed by atoms with Crippen LogP contribution >= 0.6 is 15.9 Å². The second-order valence-corrected chi connectivity index (χ2v) is 2.46. The van der Waals surface area contributed by atoms with Gasteiger partial charge >= 0.3 is 0 Å². The fourth-order valence-electron chi connectivity index (χ4n) is 0.345. The van der Waals surface area contributed by atoms with Gasteiger partial charge in [0, 0.05) is 7.11 Å². The van der Waals surface area contributed by atoms with Crippen LogP contribution in [0.2, 0.25) is 0 Å². The molecule has 0 N–H and O–H groups in total. The van der Waals surface area contributed by atoms with E-state index in [1.165, 1.54) is 6.42 Å². The van der Waals surface area contributed by atoms with Crippen molar-refractivity contribution >= 4 is 15.9 Å². The largest absolute Gasteiger partial charge is 0.370 e. The summed E-state index contributed by atoms with van der Waals surface area (Å²) in [5.41, 5.74) is 0. The third-order valence-electron chi connectivity index (χ3n) is 0.771. The third kappa shape index (κ3) is 4.29. The fourth-order valence-corrected chi connectivity index (χ4v) is 0.803. The van der Waals surface area contributed by atoms with Gasteiger partial charge in [0.2, 0.25) is 0 Å². The smallest absolute Gasteiger partial charge is 0.112 e. The molecule has 0 aliphatic rings. The Hall–Kier alpha value is 0.440. The van der Waals surface area contributed by atoms with E-state index in [1.54, 1.807) is 7.11 Å². The summed E-state index contributed by atoms with van der Waals surface area (Å²) in [7, 11) is 1.70. The predicted molar refractivity (Wildman–Crippen MR) is 34.6 cm³/mol. The van der Waals surface area contributed by atoms with Crippen LogP contribution in [0, 0.1) is 0 Å². The highest BCUT2D eigenvalue weighted by molar-refractivity contribution is 9.09. The summed E-state index contributed by atoms with van der Waals surface area (Å²) in [5, 5.41) is 0.262. The first-order valence-electron chi connectivity index (χ1n) is 2.48.